The molecule has 0 saturated carbocycles. The van der Waals surface area contributed by atoms with E-state index in [4.69, 9.17) is 4.74 Å². The molecule has 0 radical (unpaired) electrons. The Morgan fingerprint density at radius 2 is 1.84 bits per heavy atom. The first-order valence-electron chi connectivity index (χ1n) is 10.6. The number of piperidine rings is 1. The van der Waals surface area contributed by atoms with Crippen LogP contribution in [0.25, 0.3) is 5.76 Å². The van der Waals surface area contributed by atoms with Crippen LogP contribution in [0.5, 0.6) is 0 Å². The van der Waals surface area contributed by atoms with Crippen LogP contribution in [-0.2, 0) is 14.3 Å². The molecule has 1 atom stereocenters. The SMILES string of the molecule is CCOC(=O)N1CCC(N2C(=O)C(=O)/C(=C(/O)c3ccncc3)C2c2ccccn2)CC1. The van der Waals surface area contributed by atoms with Gasteiger partial charge in [-0.05, 0) is 44.0 Å². The highest BCUT2D eigenvalue weighted by atomic mass is 16.6. The highest BCUT2D eigenvalue weighted by molar-refractivity contribution is 6.46. The number of carbonyl (C=O) groups is 3. The molecule has 166 valence electrons. The van der Waals surface area contributed by atoms with E-state index in [2.05, 4.69) is 9.97 Å². The van der Waals surface area contributed by atoms with Crippen molar-refractivity contribution < 1.29 is 24.2 Å². The first-order chi connectivity index (χ1) is 15.5. The van der Waals surface area contributed by atoms with Crippen molar-refractivity contribution >= 4 is 23.5 Å². The molecule has 2 aromatic heterocycles. The summed E-state index contributed by atoms with van der Waals surface area (Å²) >= 11 is 0. The molecule has 4 heterocycles. The van der Waals surface area contributed by atoms with Crippen LogP contribution >= 0.6 is 0 Å². The van der Waals surface area contributed by atoms with Crippen LogP contribution in [0.15, 0.2) is 54.5 Å². The van der Waals surface area contributed by atoms with Crippen molar-refractivity contribution in [2.24, 2.45) is 0 Å². The van der Waals surface area contributed by atoms with Crippen LogP contribution in [0.2, 0.25) is 0 Å². The zero-order chi connectivity index (χ0) is 22.7. The number of Topliss-reactive ketones (excluding diaryl/α,β-unsaturated/α-hetero) is 1. The Bertz CT molecular complexity index is 1030. The lowest BCUT2D eigenvalue weighted by molar-refractivity contribution is -0.142. The summed E-state index contributed by atoms with van der Waals surface area (Å²) in [5, 5.41) is 11.0. The third kappa shape index (κ3) is 3.93. The summed E-state index contributed by atoms with van der Waals surface area (Å²) < 4.78 is 5.06. The third-order valence-electron chi connectivity index (χ3n) is 5.79. The zero-order valence-electron chi connectivity index (χ0n) is 17.7. The fourth-order valence-electron chi connectivity index (χ4n) is 4.26. The lowest BCUT2D eigenvalue weighted by atomic mass is 9.96. The number of nitrogens with zero attached hydrogens (tertiary/aromatic N) is 4. The van der Waals surface area contributed by atoms with Crippen LogP contribution < -0.4 is 0 Å². The molecular formula is C23H24N4O5. The molecule has 0 bridgehead atoms. The molecular weight excluding hydrogens is 412 g/mol. The number of carbonyl (C=O) groups excluding carboxylic acids is 3. The summed E-state index contributed by atoms with van der Waals surface area (Å²) in [5.41, 5.74) is 0.902. The number of amides is 2. The molecule has 0 spiro atoms. The highest BCUT2D eigenvalue weighted by Crippen LogP contribution is 2.41. The van der Waals surface area contributed by atoms with Gasteiger partial charge in [-0.25, -0.2) is 4.79 Å². The fourth-order valence-corrected chi connectivity index (χ4v) is 4.26. The van der Waals surface area contributed by atoms with Crippen LogP contribution in [0.4, 0.5) is 4.79 Å². The van der Waals surface area contributed by atoms with Gasteiger partial charge in [-0.1, -0.05) is 6.07 Å². The zero-order valence-corrected chi connectivity index (χ0v) is 17.7. The molecule has 2 fully saturated rings. The van der Waals surface area contributed by atoms with Gasteiger partial charge in [-0.3, -0.25) is 19.6 Å². The average molecular weight is 436 g/mol. The topological polar surface area (TPSA) is 113 Å². The van der Waals surface area contributed by atoms with Gasteiger partial charge in [0.15, 0.2) is 0 Å². The number of hydrogen-bond acceptors (Lipinski definition) is 7. The van der Waals surface area contributed by atoms with Crippen LogP contribution in [0, 0.1) is 0 Å². The first kappa shape index (κ1) is 21.5. The molecule has 2 aromatic rings. The third-order valence-corrected chi connectivity index (χ3v) is 5.79. The molecule has 2 amide bonds. The largest absolute Gasteiger partial charge is 0.507 e. The van der Waals surface area contributed by atoms with Crippen molar-refractivity contribution in [3.8, 4) is 0 Å². The van der Waals surface area contributed by atoms with Crippen molar-refractivity contribution in [3.05, 3.63) is 65.8 Å². The van der Waals surface area contributed by atoms with Gasteiger partial charge in [0.1, 0.15) is 11.8 Å². The second-order valence-electron chi connectivity index (χ2n) is 7.61. The number of ether oxygens (including phenoxy) is 1. The molecule has 0 aromatic carbocycles. The van der Waals surface area contributed by atoms with E-state index in [1.54, 1.807) is 48.4 Å². The molecule has 1 N–H and O–H groups in total. The second kappa shape index (κ2) is 9.17. The standard InChI is InChI=1S/C23H24N4O5/c1-2-32-23(31)26-13-8-16(9-14-26)27-19(17-5-3-4-10-25-17)18(21(29)22(27)30)20(28)15-6-11-24-12-7-15/h3-7,10-12,16,19,28H,2,8-9,13-14H2,1H3/b20-18+. The van der Waals surface area contributed by atoms with E-state index in [0.717, 1.165) is 0 Å². The summed E-state index contributed by atoms with van der Waals surface area (Å²) in [7, 11) is 0. The minimum atomic E-state index is -0.816. The van der Waals surface area contributed by atoms with Gasteiger partial charge in [0.25, 0.3) is 11.7 Å². The molecule has 9 heteroatoms. The highest BCUT2D eigenvalue weighted by Gasteiger charge is 2.50. The second-order valence-corrected chi connectivity index (χ2v) is 7.61. The Kier molecular flexibility index (Phi) is 6.16. The molecule has 1 unspecified atom stereocenters. The van der Waals surface area contributed by atoms with Crippen molar-refractivity contribution in [2.75, 3.05) is 19.7 Å². The summed E-state index contributed by atoms with van der Waals surface area (Å²) in [6.45, 7) is 2.86. The van der Waals surface area contributed by atoms with Crippen LogP contribution in [0.3, 0.4) is 0 Å². The minimum Gasteiger partial charge on any atom is -0.507 e. The van der Waals surface area contributed by atoms with Gasteiger partial charge in [0.2, 0.25) is 0 Å². The Balaban J connectivity index is 1.70. The van der Waals surface area contributed by atoms with Gasteiger partial charge < -0.3 is 19.6 Å². The Morgan fingerprint density at radius 3 is 2.47 bits per heavy atom. The predicted molar refractivity (Wildman–Crippen MR) is 114 cm³/mol. The molecule has 0 aliphatic carbocycles. The predicted octanol–water partition coefficient (Wildman–Crippen LogP) is 2.52. The Morgan fingerprint density at radius 1 is 1.12 bits per heavy atom. The number of ketones is 1. The maximum absolute atomic E-state index is 13.1. The average Bonchev–Trinajstić information content (AvgIpc) is 3.10. The van der Waals surface area contributed by atoms with E-state index in [1.807, 2.05) is 0 Å². The first-order valence-corrected chi connectivity index (χ1v) is 10.6. The molecule has 9 nitrogen and oxygen atoms in total. The van der Waals surface area contributed by atoms with Gasteiger partial charge in [-0.15, -0.1) is 0 Å². The van der Waals surface area contributed by atoms with Gasteiger partial charge in [0.05, 0.1) is 17.9 Å². The normalized spacial score (nSPS) is 21.1. The fraction of sp³-hybridized carbons (Fsp3) is 0.348. The number of aliphatic hydroxyl groups excluding tert-OH is 1. The molecule has 2 aliphatic heterocycles. The maximum atomic E-state index is 13.1. The number of aromatic nitrogens is 2. The molecule has 4 rings (SSSR count). The quantitative estimate of drug-likeness (QED) is 0.445. The maximum Gasteiger partial charge on any atom is 0.409 e. The van der Waals surface area contributed by atoms with Crippen LogP contribution in [0.1, 0.15) is 37.1 Å². The smallest absolute Gasteiger partial charge is 0.409 e. The number of pyridine rings is 2. The van der Waals surface area contributed by atoms with E-state index in [9.17, 15) is 19.5 Å². The van der Waals surface area contributed by atoms with Gasteiger partial charge in [-0.2, -0.15) is 0 Å². The van der Waals surface area contributed by atoms with Crippen molar-refractivity contribution in [2.45, 2.75) is 31.8 Å². The van der Waals surface area contributed by atoms with E-state index in [1.165, 1.54) is 17.3 Å². The Labute approximate surface area is 185 Å². The number of likely N-dealkylation sites (tertiary alicyclic amines) is 2. The Hall–Kier alpha value is -3.75. The van der Waals surface area contributed by atoms with Gasteiger partial charge >= 0.3 is 6.09 Å². The van der Waals surface area contributed by atoms with E-state index in [-0.39, 0.29) is 23.5 Å². The molecule has 2 aliphatic rings. The van der Waals surface area contributed by atoms with Crippen molar-refractivity contribution in [3.63, 3.8) is 0 Å². The van der Waals surface area contributed by atoms with Crippen molar-refractivity contribution in [1.29, 1.82) is 0 Å². The lowest BCUT2D eigenvalue weighted by Gasteiger charge is -2.38. The lowest BCUT2D eigenvalue weighted by Crippen LogP contribution is -2.48. The van der Waals surface area contributed by atoms with E-state index in [0.29, 0.717) is 43.8 Å². The van der Waals surface area contributed by atoms with E-state index >= 15 is 0 Å². The summed E-state index contributed by atoms with van der Waals surface area (Å²) in [6.07, 6.45) is 5.20. The number of aliphatic hydroxyl groups is 1. The molecule has 2 saturated heterocycles. The van der Waals surface area contributed by atoms with Gasteiger partial charge in [0, 0.05) is 43.3 Å². The van der Waals surface area contributed by atoms with Crippen molar-refractivity contribution in [1.82, 2.24) is 19.8 Å². The number of hydrogen-bond donors (Lipinski definition) is 1. The summed E-state index contributed by atoms with van der Waals surface area (Å²) in [5.74, 6) is -1.68. The number of rotatable bonds is 4. The van der Waals surface area contributed by atoms with E-state index < -0.39 is 17.7 Å². The van der Waals surface area contributed by atoms with Crippen LogP contribution in [-0.4, -0.2) is 68.4 Å². The monoisotopic (exact) mass is 436 g/mol. The summed E-state index contributed by atoms with van der Waals surface area (Å²) in [4.78, 5) is 49.7. The minimum absolute atomic E-state index is 0.00715. The molecule has 32 heavy (non-hydrogen) atoms. The summed E-state index contributed by atoms with van der Waals surface area (Å²) in [6, 6.07) is 7.31.